The van der Waals surface area contributed by atoms with Crippen LogP contribution in [0.1, 0.15) is 25.2 Å². The number of hydrogen-bond acceptors (Lipinski definition) is 7. The number of carboxylic acid groups (broad SMARTS) is 1. The van der Waals surface area contributed by atoms with Gasteiger partial charge in [-0.25, -0.2) is 0 Å². The third kappa shape index (κ3) is 6.17. The minimum absolute atomic E-state index is 0. The van der Waals surface area contributed by atoms with E-state index in [0.717, 1.165) is 0 Å². The molecule has 0 saturated heterocycles. The van der Waals surface area contributed by atoms with Gasteiger partial charge in [0.15, 0.2) is 0 Å². The van der Waals surface area contributed by atoms with Crippen LogP contribution in [0, 0.1) is 0 Å². The Balaban J connectivity index is 0.00000484. The molecule has 0 heterocycles. The van der Waals surface area contributed by atoms with Gasteiger partial charge in [-0.15, -0.1) is 0 Å². The first-order chi connectivity index (χ1) is 10.2. The molecular formula is C13H19NNaO7P. The van der Waals surface area contributed by atoms with E-state index in [1.165, 1.54) is 38.1 Å². The maximum Gasteiger partial charge on any atom is 1.00 e. The van der Waals surface area contributed by atoms with Gasteiger partial charge in [0.25, 0.3) is 0 Å². The van der Waals surface area contributed by atoms with Gasteiger partial charge < -0.3 is 29.5 Å². The van der Waals surface area contributed by atoms with E-state index in [0.29, 0.717) is 0 Å². The van der Waals surface area contributed by atoms with Crippen LogP contribution in [0.2, 0.25) is 0 Å². The van der Waals surface area contributed by atoms with Crippen molar-refractivity contribution in [3.63, 3.8) is 0 Å². The second kappa shape index (κ2) is 9.76. The summed E-state index contributed by atoms with van der Waals surface area (Å²) < 4.78 is 17.1. The van der Waals surface area contributed by atoms with Crippen LogP contribution in [0.4, 0.5) is 0 Å². The molecule has 0 aromatic heterocycles. The molecule has 0 radical (unpaired) electrons. The smallest absolute Gasteiger partial charge is 0.548 e. The van der Waals surface area contributed by atoms with Crippen LogP contribution in [0.15, 0.2) is 24.3 Å². The Labute approximate surface area is 156 Å². The fourth-order valence-electron chi connectivity index (χ4n) is 1.91. The van der Waals surface area contributed by atoms with Gasteiger partial charge in [-0.1, -0.05) is 18.2 Å². The van der Waals surface area contributed by atoms with Crippen molar-refractivity contribution in [1.82, 2.24) is 5.32 Å². The Morgan fingerprint density at radius 3 is 2.43 bits per heavy atom. The van der Waals surface area contributed by atoms with E-state index >= 15 is 0 Å². The topological polar surface area (TPSA) is 139 Å². The Morgan fingerprint density at radius 1 is 1.43 bits per heavy atom. The molecule has 0 saturated carbocycles. The summed E-state index contributed by atoms with van der Waals surface area (Å²) in [5.74, 6) is -3.49. The summed E-state index contributed by atoms with van der Waals surface area (Å²) in [5.41, 5.74) is -0.0197. The quantitative estimate of drug-likeness (QED) is 0.281. The molecule has 10 heteroatoms. The molecule has 23 heavy (non-hydrogen) atoms. The standard InChI is InChI=1S/C13H20NO7P.Na/c1-3-21-22(19,20)12(9-6-4-5-7-10(9)16)14-11(8(2)15)13(17)18;/h4-8,11-12,14-16H,3H2,1-2H3,(H,17,18)(H,19,20);/q;+1/p-1/t8-,11+,12?;/m1./s1. The van der Waals surface area contributed by atoms with E-state index in [1.54, 1.807) is 0 Å². The minimum Gasteiger partial charge on any atom is -0.548 e. The van der Waals surface area contributed by atoms with Crippen LogP contribution < -0.4 is 40.0 Å². The summed E-state index contributed by atoms with van der Waals surface area (Å²) in [6.07, 6.45) is -1.39. The summed E-state index contributed by atoms with van der Waals surface area (Å²) in [6.45, 7) is 2.60. The van der Waals surface area contributed by atoms with E-state index in [2.05, 4.69) is 5.32 Å². The van der Waals surface area contributed by atoms with Crippen molar-refractivity contribution in [2.24, 2.45) is 0 Å². The molecule has 8 nitrogen and oxygen atoms in total. The Bertz CT molecular complexity index is 569. The summed E-state index contributed by atoms with van der Waals surface area (Å²) in [7, 11) is -4.36. The summed E-state index contributed by atoms with van der Waals surface area (Å²) in [4.78, 5) is 21.1. The first-order valence-electron chi connectivity index (χ1n) is 6.60. The molecule has 1 rings (SSSR count). The molecule has 0 aliphatic carbocycles. The Hall–Kier alpha value is -0.440. The van der Waals surface area contributed by atoms with E-state index < -0.39 is 31.5 Å². The number of phenols is 1. The zero-order valence-electron chi connectivity index (χ0n) is 13.2. The van der Waals surface area contributed by atoms with Crippen molar-refractivity contribution in [3.05, 3.63) is 29.8 Å². The first-order valence-corrected chi connectivity index (χ1v) is 8.25. The molecule has 2 unspecified atom stereocenters. The zero-order chi connectivity index (χ0) is 16.9. The number of aromatic hydroxyl groups is 1. The van der Waals surface area contributed by atoms with Crippen molar-refractivity contribution in [2.75, 3.05) is 6.61 Å². The molecule has 1 aromatic carbocycles. The molecule has 0 bridgehead atoms. The number of para-hydroxylation sites is 1. The van der Waals surface area contributed by atoms with Crippen molar-refractivity contribution in [1.29, 1.82) is 0 Å². The summed E-state index contributed by atoms with van der Waals surface area (Å²) >= 11 is 0. The Kier molecular flexibility index (Phi) is 9.57. The predicted molar refractivity (Wildman–Crippen MR) is 75.9 cm³/mol. The number of phenolic OH excluding ortho intramolecular Hbond substituents is 1. The third-order valence-corrected chi connectivity index (χ3v) is 4.65. The second-order valence-electron chi connectivity index (χ2n) is 4.65. The molecule has 0 fully saturated rings. The fraction of sp³-hybridized carbons (Fsp3) is 0.462. The number of benzene rings is 1. The number of carbonyl (C=O) groups excluding carboxylic acids is 1. The van der Waals surface area contributed by atoms with Gasteiger partial charge in [-0.2, -0.15) is 0 Å². The van der Waals surface area contributed by atoms with Gasteiger partial charge in [-0.05, 0) is 19.9 Å². The molecule has 0 aliphatic rings. The number of carboxylic acids is 1. The molecule has 4 N–H and O–H groups in total. The third-order valence-electron chi connectivity index (χ3n) is 2.95. The van der Waals surface area contributed by atoms with Crippen molar-refractivity contribution in [3.8, 4) is 5.75 Å². The van der Waals surface area contributed by atoms with E-state index in [1.807, 2.05) is 0 Å². The van der Waals surface area contributed by atoms with Gasteiger partial charge >= 0.3 is 37.2 Å². The molecule has 0 spiro atoms. The van der Waals surface area contributed by atoms with E-state index in [4.69, 9.17) is 4.52 Å². The number of rotatable bonds is 8. The minimum atomic E-state index is -4.36. The van der Waals surface area contributed by atoms with Crippen LogP contribution in [0.3, 0.4) is 0 Å². The van der Waals surface area contributed by atoms with Crippen LogP contribution in [0.25, 0.3) is 0 Å². The van der Waals surface area contributed by atoms with Crippen LogP contribution in [-0.4, -0.2) is 39.8 Å². The van der Waals surface area contributed by atoms with Crippen LogP contribution in [0.5, 0.6) is 5.75 Å². The van der Waals surface area contributed by atoms with E-state index in [-0.39, 0.29) is 47.5 Å². The second-order valence-corrected chi connectivity index (χ2v) is 6.55. The van der Waals surface area contributed by atoms with Gasteiger partial charge in [0, 0.05) is 5.56 Å². The van der Waals surface area contributed by atoms with E-state index in [9.17, 15) is 29.6 Å². The van der Waals surface area contributed by atoms with Crippen LogP contribution >= 0.6 is 7.60 Å². The van der Waals surface area contributed by atoms with Gasteiger partial charge in [0.1, 0.15) is 11.5 Å². The summed E-state index contributed by atoms with van der Waals surface area (Å²) in [6, 6.07) is 4.02. The van der Waals surface area contributed by atoms with Gasteiger partial charge in [0.05, 0.1) is 24.7 Å². The number of nitrogens with one attached hydrogen (secondary N) is 1. The van der Waals surface area contributed by atoms with Crippen molar-refractivity contribution in [2.45, 2.75) is 31.8 Å². The number of aliphatic carboxylic acids is 1. The van der Waals surface area contributed by atoms with Gasteiger partial charge in [-0.3, -0.25) is 9.88 Å². The largest absolute Gasteiger partial charge is 1.00 e. The average molecular weight is 355 g/mol. The number of aliphatic hydroxyl groups is 1. The van der Waals surface area contributed by atoms with Crippen molar-refractivity contribution >= 4 is 13.6 Å². The maximum absolute atomic E-state index is 12.3. The number of aliphatic hydroxyl groups excluding tert-OH is 1. The number of hydrogen-bond donors (Lipinski definition) is 4. The fourth-order valence-corrected chi connectivity index (χ4v) is 3.35. The molecule has 0 aliphatic heterocycles. The average Bonchev–Trinajstić information content (AvgIpc) is 2.39. The van der Waals surface area contributed by atoms with Gasteiger partial charge in [0.2, 0.25) is 0 Å². The zero-order valence-corrected chi connectivity index (χ0v) is 16.1. The molecular weight excluding hydrogens is 336 g/mol. The van der Waals surface area contributed by atoms with Crippen molar-refractivity contribution < 1.29 is 63.7 Å². The first kappa shape index (κ1) is 22.6. The SMILES string of the molecule is CCOP(=O)(O)C(N[C@H](C(=O)[O-])[C@@H](C)O)c1ccccc1O.[Na+]. The summed E-state index contributed by atoms with van der Waals surface area (Å²) in [5, 5.41) is 32.7. The number of carbonyl (C=O) groups is 1. The predicted octanol–water partition coefficient (Wildman–Crippen LogP) is -3.29. The molecule has 1 aromatic rings. The van der Waals surface area contributed by atoms with Crippen LogP contribution in [-0.2, 0) is 13.9 Å². The maximum atomic E-state index is 12.3. The molecule has 124 valence electrons. The molecule has 4 atom stereocenters. The Morgan fingerprint density at radius 2 is 2.00 bits per heavy atom. The monoisotopic (exact) mass is 355 g/mol. The normalized spacial score (nSPS) is 17.4. The molecule has 0 amide bonds.